The Morgan fingerprint density at radius 1 is 1.00 bits per heavy atom. The van der Waals surface area contributed by atoms with E-state index in [1.165, 1.54) is 12.8 Å². The number of nitrogens with two attached hydrogens (primary N) is 1. The van der Waals surface area contributed by atoms with Crippen molar-refractivity contribution in [3.63, 3.8) is 0 Å². The van der Waals surface area contributed by atoms with E-state index in [9.17, 15) is 4.39 Å². The Balaban J connectivity index is 1.59. The number of fused-ring (bicyclic) bond motifs is 1. The number of nitrogens with zero attached hydrogens (tertiary/aromatic N) is 1. The van der Waals surface area contributed by atoms with Gasteiger partial charge in [-0.1, -0.05) is 43.9 Å². The van der Waals surface area contributed by atoms with Gasteiger partial charge in [-0.2, -0.15) is 0 Å². The van der Waals surface area contributed by atoms with Gasteiger partial charge in [-0.3, -0.25) is 0 Å². The number of aromatic nitrogens is 2. The predicted molar refractivity (Wildman–Crippen MR) is 99.8 cm³/mol. The SMILES string of the molecule is NC1(Cc2ccc(-c3ccc4nc[nH]c4c3)cc2F)CCCCCC1. The van der Waals surface area contributed by atoms with Crippen LogP contribution in [0.15, 0.2) is 42.7 Å². The molecule has 25 heavy (non-hydrogen) atoms. The standard InChI is InChI=1S/C21H24FN3/c22-18-11-15(16-7-8-19-20(12-16)25-14-24-19)5-6-17(18)13-21(23)9-3-1-2-4-10-21/h5-8,11-12,14H,1-4,9-10,13,23H2,(H,24,25). The molecule has 1 heterocycles. The first-order valence-corrected chi connectivity index (χ1v) is 9.14. The van der Waals surface area contributed by atoms with Crippen molar-refractivity contribution in [3.05, 3.63) is 54.1 Å². The highest BCUT2D eigenvalue weighted by atomic mass is 19.1. The predicted octanol–water partition coefficient (Wildman–Crippen LogP) is 4.96. The summed E-state index contributed by atoms with van der Waals surface area (Å²) < 4.78 is 14.7. The van der Waals surface area contributed by atoms with E-state index < -0.39 is 0 Å². The second-order valence-corrected chi connectivity index (χ2v) is 7.39. The number of halogens is 1. The summed E-state index contributed by atoms with van der Waals surface area (Å²) in [6, 6.07) is 11.5. The van der Waals surface area contributed by atoms with Crippen LogP contribution in [0.2, 0.25) is 0 Å². The zero-order valence-electron chi connectivity index (χ0n) is 14.4. The third-order valence-corrected chi connectivity index (χ3v) is 5.45. The molecule has 4 rings (SSSR count). The molecule has 0 saturated heterocycles. The van der Waals surface area contributed by atoms with Crippen LogP contribution in [0.3, 0.4) is 0 Å². The minimum Gasteiger partial charge on any atom is -0.345 e. The molecular weight excluding hydrogens is 313 g/mol. The van der Waals surface area contributed by atoms with Crippen LogP contribution in [0, 0.1) is 5.82 Å². The molecule has 0 bridgehead atoms. The minimum absolute atomic E-state index is 0.156. The average Bonchev–Trinajstić information content (AvgIpc) is 2.97. The summed E-state index contributed by atoms with van der Waals surface area (Å²) in [7, 11) is 0. The Kier molecular flexibility index (Phi) is 4.30. The quantitative estimate of drug-likeness (QED) is 0.663. The molecule has 0 atom stereocenters. The summed E-state index contributed by atoms with van der Waals surface area (Å²) in [6.07, 6.45) is 9.08. The fourth-order valence-electron chi connectivity index (χ4n) is 3.97. The molecule has 1 aliphatic carbocycles. The molecule has 0 aliphatic heterocycles. The summed E-state index contributed by atoms with van der Waals surface area (Å²) in [5.74, 6) is -0.156. The molecule has 3 N–H and O–H groups in total. The molecule has 0 radical (unpaired) electrons. The molecule has 1 aromatic heterocycles. The van der Waals surface area contributed by atoms with E-state index in [4.69, 9.17) is 5.73 Å². The van der Waals surface area contributed by atoms with Crippen molar-refractivity contribution in [1.29, 1.82) is 0 Å². The zero-order valence-corrected chi connectivity index (χ0v) is 14.4. The van der Waals surface area contributed by atoms with E-state index in [2.05, 4.69) is 9.97 Å². The number of benzene rings is 2. The van der Waals surface area contributed by atoms with Gasteiger partial charge in [-0.05, 0) is 54.2 Å². The lowest BCUT2D eigenvalue weighted by Crippen LogP contribution is -2.41. The second kappa shape index (κ2) is 6.60. The van der Waals surface area contributed by atoms with Gasteiger partial charge in [-0.25, -0.2) is 9.37 Å². The highest BCUT2D eigenvalue weighted by Gasteiger charge is 2.27. The van der Waals surface area contributed by atoms with Crippen molar-refractivity contribution in [3.8, 4) is 11.1 Å². The Labute approximate surface area is 147 Å². The fraction of sp³-hybridized carbons (Fsp3) is 0.381. The van der Waals surface area contributed by atoms with Crippen molar-refractivity contribution in [2.75, 3.05) is 0 Å². The smallest absolute Gasteiger partial charge is 0.127 e. The second-order valence-electron chi connectivity index (χ2n) is 7.39. The van der Waals surface area contributed by atoms with Crippen molar-refractivity contribution in [2.24, 2.45) is 5.73 Å². The zero-order chi connectivity index (χ0) is 17.3. The monoisotopic (exact) mass is 337 g/mol. The molecule has 0 amide bonds. The van der Waals surface area contributed by atoms with Gasteiger partial charge in [-0.15, -0.1) is 0 Å². The Bertz CT molecular complexity index is 876. The largest absolute Gasteiger partial charge is 0.345 e. The first-order chi connectivity index (χ1) is 12.1. The molecule has 1 aliphatic rings. The van der Waals surface area contributed by atoms with E-state index in [1.807, 2.05) is 30.3 Å². The van der Waals surface area contributed by atoms with Gasteiger partial charge >= 0.3 is 0 Å². The first kappa shape index (κ1) is 16.3. The minimum atomic E-state index is -0.256. The lowest BCUT2D eigenvalue weighted by Gasteiger charge is -2.28. The molecule has 4 heteroatoms. The van der Waals surface area contributed by atoms with Crippen LogP contribution in [0.5, 0.6) is 0 Å². The van der Waals surface area contributed by atoms with Gasteiger partial charge in [0.2, 0.25) is 0 Å². The van der Waals surface area contributed by atoms with Crippen LogP contribution in [0.25, 0.3) is 22.2 Å². The molecule has 1 saturated carbocycles. The van der Waals surface area contributed by atoms with E-state index in [1.54, 1.807) is 12.4 Å². The highest BCUT2D eigenvalue weighted by Crippen LogP contribution is 2.30. The van der Waals surface area contributed by atoms with Gasteiger partial charge in [0.25, 0.3) is 0 Å². The number of hydrogen-bond donors (Lipinski definition) is 2. The lowest BCUT2D eigenvalue weighted by molar-refractivity contribution is 0.364. The number of nitrogens with one attached hydrogen (secondary N) is 1. The summed E-state index contributed by atoms with van der Waals surface area (Å²) in [5.41, 5.74) is 10.8. The number of H-pyrrole nitrogens is 1. The molecule has 3 nitrogen and oxygen atoms in total. The van der Waals surface area contributed by atoms with E-state index in [0.717, 1.165) is 53.4 Å². The lowest BCUT2D eigenvalue weighted by atomic mass is 9.84. The van der Waals surface area contributed by atoms with Gasteiger partial charge < -0.3 is 10.7 Å². The number of rotatable bonds is 3. The van der Waals surface area contributed by atoms with Crippen molar-refractivity contribution in [2.45, 2.75) is 50.5 Å². The molecular formula is C21H24FN3. The van der Waals surface area contributed by atoms with Crippen LogP contribution in [-0.2, 0) is 6.42 Å². The van der Waals surface area contributed by atoms with Gasteiger partial charge in [0, 0.05) is 5.54 Å². The summed E-state index contributed by atoms with van der Waals surface area (Å²) in [6.45, 7) is 0. The molecule has 0 unspecified atom stereocenters. The van der Waals surface area contributed by atoms with Crippen molar-refractivity contribution in [1.82, 2.24) is 9.97 Å². The Morgan fingerprint density at radius 3 is 2.48 bits per heavy atom. The van der Waals surface area contributed by atoms with Crippen LogP contribution >= 0.6 is 0 Å². The van der Waals surface area contributed by atoms with Crippen LogP contribution in [0.4, 0.5) is 4.39 Å². The maximum absolute atomic E-state index is 14.7. The van der Waals surface area contributed by atoms with Gasteiger partial charge in [0.05, 0.1) is 17.4 Å². The number of imidazole rings is 1. The van der Waals surface area contributed by atoms with E-state index in [-0.39, 0.29) is 11.4 Å². The summed E-state index contributed by atoms with van der Waals surface area (Å²) in [4.78, 5) is 7.32. The molecule has 3 aromatic rings. The third kappa shape index (κ3) is 3.45. The Morgan fingerprint density at radius 2 is 1.72 bits per heavy atom. The number of hydrogen-bond acceptors (Lipinski definition) is 2. The maximum Gasteiger partial charge on any atom is 0.127 e. The van der Waals surface area contributed by atoms with E-state index in [0.29, 0.717) is 6.42 Å². The molecule has 130 valence electrons. The van der Waals surface area contributed by atoms with Crippen LogP contribution in [0.1, 0.15) is 44.1 Å². The highest BCUT2D eigenvalue weighted by molar-refractivity contribution is 5.81. The molecule has 2 aromatic carbocycles. The Hall–Kier alpha value is -2.20. The van der Waals surface area contributed by atoms with E-state index >= 15 is 0 Å². The summed E-state index contributed by atoms with van der Waals surface area (Å²) in [5, 5.41) is 0. The van der Waals surface area contributed by atoms with Crippen molar-refractivity contribution >= 4 is 11.0 Å². The fourth-order valence-corrected chi connectivity index (χ4v) is 3.97. The third-order valence-electron chi connectivity index (χ3n) is 5.45. The normalized spacial score (nSPS) is 17.5. The van der Waals surface area contributed by atoms with Gasteiger partial charge in [0.15, 0.2) is 0 Å². The topological polar surface area (TPSA) is 54.7 Å². The summed E-state index contributed by atoms with van der Waals surface area (Å²) >= 11 is 0. The first-order valence-electron chi connectivity index (χ1n) is 9.14. The van der Waals surface area contributed by atoms with Crippen LogP contribution in [-0.4, -0.2) is 15.5 Å². The molecule has 0 spiro atoms. The molecule has 1 fully saturated rings. The maximum atomic E-state index is 14.7. The number of aromatic amines is 1. The van der Waals surface area contributed by atoms with Crippen LogP contribution < -0.4 is 5.73 Å². The van der Waals surface area contributed by atoms with Gasteiger partial charge in [0.1, 0.15) is 5.82 Å². The average molecular weight is 337 g/mol. The van der Waals surface area contributed by atoms with Crippen molar-refractivity contribution < 1.29 is 4.39 Å².